The van der Waals surface area contributed by atoms with Gasteiger partial charge in [-0.2, -0.15) is 0 Å². The van der Waals surface area contributed by atoms with Gasteiger partial charge >= 0.3 is 0 Å². The van der Waals surface area contributed by atoms with Crippen molar-refractivity contribution in [1.29, 1.82) is 0 Å². The molecule has 1 aliphatic heterocycles. The van der Waals surface area contributed by atoms with Crippen LogP contribution in [0.15, 0.2) is 42.5 Å². The number of methoxy groups -OCH3 is 2. The lowest BCUT2D eigenvalue weighted by molar-refractivity contribution is -0.133. The molecule has 29 heavy (non-hydrogen) atoms. The second-order valence-electron chi connectivity index (χ2n) is 7.51. The number of hydrogen-bond donors (Lipinski definition) is 0. The standard InChI is InChI=1S/C23H29ClN2O3/c1-16(17-7-5-8-19(24)13-17)25(2)15-23(27)26-12-6-9-20(26)18-10-11-21(28-3)22(14-18)29-4/h5,7-8,10-11,13-14,16,20H,6,9,12,15H2,1-4H3. The molecule has 0 N–H and O–H groups in total. The van der Waals surface area contributed by atoms with Crippen LogP contribution in [0.5, 0.6) is 11.5 Å². The van der Waals surface area contributed by atoms with Gasteiger partial charge in [0.05, 0.1) is 26.8 Å². The minimum atomic E-state index is 0.0668. The SMILES string of the molecule is COc1ccc(C2CCCN2C(=O)CN(C)C(C)c2cccc(Cl)c2)cc1OC. The van der Waals surface area contributed by atoms with Gasteiger partial charge in [0.1, 0.15) is 0 Å². The van der Waals surface area contributed by atoms with Crippen LogP contribution in [0.2, 0.25) is 5.02 Å². The number of hydrogen-bond acceptors (Lipinski definition) is 4. The van der Waals surface area contributed by atoms with Gasteiger partial charge in [-0.05, 0) is 62.2 Å². The van der Waals surface area contributed by atoms with Gasteiger partial charge < -0.3 is 14.4 Å². The van der Waals surface area contributed by atoms with Crippen LogP contribution in [0.1, 0.15) is 43.0 Å². The molecule has 2 unspecified atom stereocenters. The molecule has 1 heterocycles. The molecule has 3 rings (SSSR count). The average Bonchev–Trinajstić information content (AvgIpc) is 3.22. The molecular weight excluding hydrogens is 388 g/mol. The molecule has 1 fully saturated rings. The van der Waals surface area contributed by atoms with Gasteiger partial charge in [0.15, 0.2) is 11.5 Å². The van der Waals surface area contributed by atoms with Crippen molar-refractivity contribution in [2.24, 2.45) is 0 Å². The fourth-order valence-corrected chi connectivity index (χ4v) is 4.13. The number of amides is 1. The van der Waals surface area contributed by atoms with Crippen molar-refractivity contribution < 1.29 is 14.3 Å². The molecule has 0 aromatic heterocycles. The van der Waals surface area contributed by atoms with Crippen LogP contribution in [0.3, 0.4) is 0 Å². The summed E-state index contributed by atoms with van der Waals surface area (Å²) in [7, 11) is 5.23. The van der Waals surface area contributed by atoms with E-state index in [1.54, 1.807) is 14.2 Å². The van der Waals surface area contributed by atoms with Gasteiger partial charge in [-0.15, -0.1) is 0 Å². The monoisotopic (exact) mass is 416 g/mol. The third kappa shape index (κ3) is 4.85. The van der Waals surface area contributed by atoms with Crippen LogP contribution in [0.25, 0.3) is 0 Å². The van der Waals surface area contributed by atoms with E-state index >= 15 is 0 Å². The van der Waals surface area contributed by atoms with Crippen LogP contribution >= 0.6 is 11.6 Å². The summed E-state index contributed by atoms with van der Waals surface area (Å²) in [6, 6.07) is 13.9. The van der Waals surface area contributed by atoms with Crippen molar-refractivity contribution in [3.8, 4) is 11.5 Å². The van der Waals surface area contributed by atoms with E-state index in [-0.39, 0.29) is 18.0 Å². The van der Waals surface area contributed by atoms with Crippen molar-refractivity contribution in [3.05, 3.63) is 58.6 Å². The zero-order valence-corrected chi connectivity index (χ0v) is 18.3. The van der Waals surface area contributed by atoms with E-state index in [4.69, 9.17) is 21.1 Å². The molecule has 1 aliphatic rings. The second-order valence-corrected chi connectivity index (χ2v) is 7.94. The fraction of sp³-hybridized carbons (Fsp3) is 0.435. The van der Waals surface area contributed by atoms with E-state index < -0.39 is 0 Å². The Bertz CT molecular complexity index is 858. The highest BCUT2D eigenvalue weighted by molar-refractivity contribution is 6.30. The maximum absolute atomic E-state index is 13.1. The Hall–Kier alpha value is -2.24. The topological polar surface area (TPSA) is 42.0 Å². The number of rotatable bonds is 7. The fourth-order valence-electron chi connectivity index (χ4n) is 3.93. The quantitative estimate of drug-likeness (QED) is 0.655. The Labute approximate surface area is 178 Å². The number of ether oxygens (including phenoxy) is 2. The largest absolute Gasteiger partial charge is 0.493 e. The first-order valence-corrected chi connectivity index (χ1v) is 10.3. The Morgan fingerprint density at radius 2 is 1.97 bits per heavy atom. The first-order chi connectivity index (χ1) is 13.9. The molecule has 2 aromatic carbocycles. The minimum absolute atomic E-state index is 0.0668. The molecular formula is C23H29ClN2O3. The lowest BCUT2D eigenvalue weighted by Crippen LogP contribution is -2.39. The lowest BCUT2D eigenvalue weighted by atomic mass is 10.0. The number of benzene rings is 2. The van der Waals surface area contributed by atoms with E-state index in [1.807, 2.05) is 54.4 Å². The summed E-state index contributed by atoms with van der Waals surface area (Å²) in [5, 5.41) is 0.710. The van der Waals surface area contributed by atoms with Gasteiger partial charge in [0, 0.05) is 17.6 Å². The summed E-state index contributed by atoms with van der Waals surface area (Å²) < 4.78 is 10.8. The van der Waals surface area contributed by atoms with Gasteiger partial charge in [-0.3, -0.25) is 9.69 Å². The van der Waals surface area contributed by atoms with E-state index in [0.717, 1.165) is 30.5 Å². The number of halogens is 1. The zero-order chi connectivity index (χ0) is 21.0. The lowest BCUT2D eigenvalue weighted by Gasteiger charge is -2.30. The molecule has 2 aromatic rings. The van der Waals surface area contributed by atoms with E-state index in [9.17, 15) is 4.79 Å². The number of likely N-dealkylation sites (N-methyl/N-ethyl adjacent to an activating group) is 1. The van der Waals surface area contributed by atoms with E-state index in [2.05, 4.69) is 11.8 Å². The zero-order valence-electron chi connectivity index (χ0n) is 17.5. The third-order valence-corrected chi connectivity index (χ3v) is 5.98. The molecule has 0 aliphatic carbocycles. The van der Waals surface area contributed by atoms with Gasteiger partial charge in [0.25, 0.3) is 0 Å². The molecule has 0 spiro atoms. The van der Waals surface area contributed by atoms with Gasteiger partial charge in [-0.1, -0.05) is 29.8 Å². The Morgan fingerprint density at radius 1 is 1.21 bits per heavy atom. The van der Waals surface area contributed by atoms with Crippen molar-refractivity contribution in [2.45, 2.75) is 31.8 Å². The Balaban J connectivity index is 1.71. The molecule has 0 bridgehead atoms. The molecule has 0 saturated carbocycles. The molecule has 2 atom stereocenters. The summed E-state index contributed by atoms with van der Waals surface area (Å²) in [6.45, 7) is 3.23. The highest BCUT2D eigenvalue weighted by atomic mass is 35.5. The number of carbonyl (C=O) groups is 1. The second kappa shape index (κ2) is 9.51. The number of nitrogens with zero attached hydrogens (tertiary/aromatic N) is 2. The molecule has 5 nitrogen and oxygen atoms in total. The van der Waals surface area contributed by atoms with Crippen molar-refractivity contribution in [1.82, 2.24) is 9.80 Å². The normalized spacial score (nSPS) is 17.4. The van der Waals surface area contributed by atoms with Gasteiger partial charge in [-0.25, -0.2) is 0 Å². The highest BCUT2D eigenvalue weighted by Gasteiger charge is 2.31. The number of likely N-dealkylation sites (tertiary alicyclic amines) is 1. The summed E-state index contributed by atoms with van der Waals surface area (Å²) >= 11 is 6.12. The molecule has 156 valence electrons. The third-order valence-electron chi connectivity index (χ3n) is 5.74. The maximum atomic E-state index is 13.1. The number of carbonyl (C=O) groups excluding carboxylic acids is 1. The predicted octanol–water partition coefficient (Wildman–Crippen LogP) is 4.71. The molecule has 6 heteroatoms. The van der Waals surface area contributed by atoms with Crippen molar-refractivity contribution >= 4 is 17.5 Å². The Morgan fingerprint density at radius 3 is 2.66 bits per heavy atom. The van der Waals surface area contributed by atoms with Crippen molar-refractivity contribution in [2.75, 3.05) is 34.4 Å². The first-order valence-electron chi connectivity index (χ1n) is 9.91. The first kappa shape index (κ1) is 21.5. The predicted molar refractivity (Wildman–Crippen MR) is 116 cm³/mol. The van der Waals surface area contributed by atoms with Crippen LogP contribution < -0.4 is 9.47 Å². The van der Waals surface area contributed by atoms with Gasteiger partial charge in [0.2, 0.25) is 5.91 Å². The minimum Gasteiger partial charge on any atom is -0.493 e. The van der Waals surface area contributed by atoms with Crippen LogP contribution in [-0.4, -0.2) is 50.1 Å². The van der Waals surface area contributed by atoms with Crippen molar-refractivity contribution in [3.63, 3.8) is 0 Å². The highest BCUT2D eigenvalue weighted by Crippen LogP contribution is 2.37. The Kier molecular flexibility index (Phi) is 7.04. The maximum Gasteiger partial charge on any atom is 0.237 e. The summed E-state index contributed by atoms with van der Waals surface area (Å²) in [6.07, 6.45) is 1.95. The van der Waals surface area contributed by atoms with Crippen LogP contribution in [-0.2, 0) is 4.79 Å². The summed E-state index contributed by atoms with van der Waals surface area (Å²) in [4.78, 5) is 17.2. The van der Waals surface area contributed by atoms with E-state index in [1.165, 1.54) is 0 Å². The summed E-state index contributed by atoms with van der Waals surface area (Å²) in [5.74, 6) is 1.52. The van der Waals surface area contributed by atoms with Crippen LogP contribution in [0.4, 0.5) is 0 Å². The molecule has 0 radical (unpaired) electrons. The molecule has 1 amide bonds. The van der Waals surface area contributed by atoms with E-state index in [0.29, 0.717) is 23.1 Å². The van der Waals surface area contributed by atoms with Crippen LogP contribution in [0, 0.1) is 0 Å². The smallest absolute Gasteiger partial charge is 0.237 e. The summed E-state index contributed by atoms with van der Waals surface area (Å²) in [5.41, 5.74) is 2.18. The molecule has 1 saturated heterocycles. The average molecular weight is 417 g/mol.